The van der Waals surface area contributed by atoms with Crippen LogP contribution in [-0.4, -0.2) is 49.7 Å². The van der Waals surface area contributed by atoms with Crippen molar-refractivity contribution in [2.75, 3.05) is 27.2 Å². The highest BCUT2D eigenvalue weighted by molar-refractivity contribution is 5.00. The molecule has 0 N–H and O–H groups in total. The van der Waals surface area contributed by atoms with Crippen LogP contribution in [0.4, 0.5) is 0 Å². The molecule has 2 atom stereocenters. The minimum Gasteiger partial charge on any atom is -0.338 e. The van der Waals surface area contributed by atoms with Gasteiger partial charge in [0.2, 0.25) is 0 Å². The van der Waals surface area contributed by atoms with Gasteiger partial charge in [-0.05, 0) is 88.9 Å². The van der Waals surface area contributed by atoms with Crippen molar-refractivity contribution < 1.29 is 14.0 Å². The molecule has 3 heteroatoms. The summed E-state index contributed by atoms with van der Waals surface area (Å²) < 4.78 is 14.7. The maximum Gasteiger partial charge on any atom is 0.170 e. The molecule has 0 bridgehead atoms. The normalized spacial score (nSPS) is 26.3. The lowest BCUT2D eigenvalue weighted by atomic mass is 9.76. The van der Waals surface area contributed by atoms with Gasteiger partial charge in [0.15, 0.2) is 5.79 Å². The predicted molar refractivity (Wildman–Crippen MR) is 219 cm³/mol. The zero-order valence-corrected chi connectivity index (χ0v) is 34.0. The molecular weight excluding hydrogens is 611 g/mol. The van der Waals surface area contributed by atoms with Crippen LogP contribution in [0.2, 0.25) is 0 Å². The molecule has 2 unspecified atom stereocenters. The predicted octanol–water partition coefficient (Wildman–Crippen LogP) is 14.1. The van der Waals surface area contributed by atoms with E-state index in [1.54, 1.807) is 0 Å². The Balaban J connectivity index is 1.28. The van der Waals surface area contributed by atoms with Gasteiger partial charge in [-0.1, -0.05) is 152 Å². The molecular formula is C47H84NO2+. The van der Waals surface area contributed by atoms with Crippen LogP contribution in [-0.2, 0) is 9.47 Å². The first-order valence-electron chi connectivity index (χ1n) is 22.2. The average molecular weight is 695 g/mol. The molecule has 3 nitrogen and oxygen atoms in total. The molecule has 1 aliphatic carbocycles. The minimum absolute atomic E-state index is 0.271. The summed E-state index contributed by atoms with van der Waals surface area (Å²) >= 11 is 0. The van der Waals surface area contributed by atoms with Crippen molar-refractivity contribution in [3.05, 3.63) is 48.6 Å². The fourth-order valence-electron chi connectivity index (χ4n) is 9.02. The van der Waals surface area contributed by atoms with Crippen LogP contribution in [0.1, 0.15) is 200 Å². The number of fused-ring (bicyclic) bond motifs is 1. The van der Waals surface area contributed by atoms with Gasteiger partial charge < -0.3 is 14.0 Å². The van der Waals surface area contributed by atoms with Crippen molar-refractivity contribution in [3.63, 3.8) is 0 Å². The summed E-state index contributed by atoms with van der Waals surface area (Å²) in [6.07, 6.45) is 57.9. The topological polar surface area (TPSA) is 18.5 Å². The number of unbranched alkanes of at least 4 members (excludes halogenated alkanes) is 18. The highest BCUT2D eigenvalue weighted by atomic mass is 16.8. The van der Waals surface area contributed by atoms with Crippen LogP contribution < -0.4 is 0 Å². The fraction of sp³-hybridized carbons (Fsp3) is 0.830. The number of nitrogens with zero attached hydrogens (tertiary/aromatic N) is 1. The molecule has 1 spiro atoms. The molecule has 50 heavy (non-hydrogen) atoms. The highest BCUT2D eigenvalue weighted by Gasteiger charge is 2.60. The van der Waals surface area contributed by atoms with E-state index in [4.69, 9.17) is 9.47 Å². The lowest BCUT2D eigenvalue weighted by Crippen LogP contribution is -2.42. The van der Waals surface area contributed by atoms with E-state index in [1.807, 2.05) is 0 Å². The number of likely N-dealkylation sites (N-methyl/N-ethyl adjacent to an activating group) is 1. The van der Waals surface area contributed by atoms with Gasteiger partial charge in [0.1, 0.15) is 25.3 Å². The third-order valence-corrected chi connectivity index (χ3v) is 12.0. The molecule has 3 rings (SSSR count). The summed E-state index contributed by atoms with van der Waals surface area (Å²) in [5.41, 5.74) is 0.438. The lowest BCUT2D eigenvalue weighted by molar-refractivity contribution is -0.882. The lowest BCUT2D eigenvalue weighted by Gasteiger charge is -2.33. The highest BCUT2D eigenvalue weighted by Crippen LogP contribution is 2.56. The largest absolute Gasteiger partial charge is 0.338 e. The Bertz CT molecular complexity index is 896. The monoisotopic (exact) mass is 695 g/mol. The van der Waals surface area contributed by atoms with Crippen LogP contribution in [0.3, 0.4) is 0 Å². The Hall–Kier alpha value is -1.16. The molecule has 3 aliphatic rings. The molecule has 0 aromatic heterocycles. The maximum atomic E-state index is 6.83. The zero-order chi connectivity index (χ0) is 35.6. The van der Waals surface area contributed by atoms with Crippen LogP contribution in [0, 0.1) is 5.41 Å². The van der Waals surface area contributed by atoms with Gasteiger partial charge in [-0.25, -0.2) is 0 Å². The molecule has 0 radical (unpaired) electrons. The molecule has 2 aliphatic heterocycles. The van der Waals surface area contributed by atoms with Crippen molar-refractivity contribution in [1.82, 2.24) is 0 Å². The van der Waals surface area contributed by atoms with Gasteiger partial charge in [0.05, 0.1) is 14.1 Å². The summed E-state index contributed by atoms with van der Waals surface area (Å²) in [5.74, 6) is -0.271. The third kappa shape index (κ3) is 18.1. The Morgan fingerprint density at radius 2 is 0.860 bits per heavy atom. The number of hydrogen-bond acceptors (Lipinski definition) is 2. The molecule has 3 fully saturated rings. The summed E-state index contributed by atoms with van der Waals surface area (Å²) in [7, 11) is 4.65. The minimum atomic E-state index is -0.271. The van der Waals surface area contributed by atoms with Gasteiger partial charge in [-0.3, -0.25) is 0 Å². The van der Waals surface area contributed by atoms with E-state index in [2.05, 4.69) is 76.6 Å². The van der Waals surface area contributed by atoms with E-state index in [1.165, 1.54) is 161 Å². The second-order valence-corrected chi connectivity index (χ2v) is 17.4. The number of likely N-dealkylation sites (tertiary alicyclic amines) is 1. The number of hydrogen-bond donors (Lipinski definition) is 0. The Morgan fingerprint density at radius 3 is 1.28 bits per heavy atom. The second-order valence-electron chi connectivity index (χ2n) is 17.4. The quantitative estimate of drug-likeness (QED) is 0.0423. The first-order valence-corrected chi connectivity index (χ1v) is 22.2. The van der Waals surface area contributed by atoms with Crippen molar-refractivity contribution in [2.45, 2.75) is 218 Å². The molecule has 1 saturated carbocycles. The molecule has 2 heterocycles. The summed E-state index contributed by atoms with van der Waals surface area (Å²) in [6, 6.07) is 0. The first-order chi connectivity index (χ1) is 24.4. The molecule has 0 aromatic carbocycles. The van der Waals surface area contributed by atoms with Gasteiger partial charge in [-0.2, -0.15) is 0 Å². The molecule has 0 amide bonds. The first kappa shape index (κ1) is 43.2. The summed E-state index contributed by atoms with van der Waals surface area (Å²) in [5, 5.41) is 0. The number of quaternary nitrogens is 1. The van der Waals surface area contributed by atoms with Crippen LogP contribution in [0.25, 0.3) is 0 Å². The Morgan fingerprint density at radius 1 is 0.480 bits per heavy atom. The number of ether oxygens (including phenoxy) is 2. The van der Waals surface area contributed by atoms with Crippen LogP contribution in [0.15, 0.2) is 48.6 Å². The van der Waals surface area contributed by atoms with Gasteiger partial charge in [0, 0.05) is 12.8 Å². The van der Waals surface area contributed by atoms with Gasteiger partial charge in [0.25, 0.3) is 0 Å². The van der Waals surface area contributed by atoms with E-state index in [0.717, 1.165) is 43.3 Å². The third-order valence-electron chi connectivity index (χ3n) is 12.0. The zero-order valence-electron chi connectivity index (χ0n) is 34.0. The van der Waals surface area contributed by atoms with Gasteiger partial charge in [-0.15, -0.1) is 0 Å². The molecule has 288 valence electrons. The average Bonchev–Trinajstić information content (AvgIpc) is 3.70. The second kappa shape index (κ2) is 25.8. The van der Waals surface area contributed by atoms with Crippen molar-refractivity contribution >= 4 is 0 Å². The SMILES string of the molecule is CCCCCC=CCC=CCCCCCCCCC1(CCCCCCCCC=CCC=CCCCCC)CCC2(C1)OC1C[N+](C)(C)CC1O2. The van der Waals surface area contributed by atoms with E-state index < -0.39 is 0 Å². The van der Waals surface area contributed by atoms with Crippen LogP contribution >= 0.6 is 0 Å². The molecule has 0 aromatic rings. The van der Waals surface area contributed by atoms with Gasteiger partial charge >= 0.3 is 0 Å². The van der Waals surface area contributed by atoms with Crippen LogP contribution in [0.5, 0.6) is 0 Å². The fourth-order valence-corrected chi connectivity index (χ4v) is 9.02. The Kier molecular flexibility index (Phi) is 22.3. The smallest absolute Gasteiger partial charge is 0.170 e. The summed E-state index contributed by atoms with van der Waals surface area (Å²) in [6.45, 7) is 6.77. The van der Waals surface area contributed by atoms with E-state index >= 15 is 0 Å². The standard InChI is InChI=1S/C47H84NO2/c1-5-7-9-11-13-15-17-19-21-23-25-27-29-31-33-35-37-46(39-40-47(43-46)49-44-41-48(3,4)42-45(44)50-47)38-36-34-32-30-28-26-24-22-20-18-16-14-12-10-8-6-2/h13-16,19-22,44-45H,5-12,17-18,23-43H2,1-4H3/q+1. The van der Waals surface area contributed by atoms with E-state index in [-0.39, 0.29) is 5.79 Å². The maximum absolute atomic E-state index is 6.83. The van der Waals surface area contributed by atoms with E-state index in [0.29, 0.717) is 17.6 Å². The van der Waals surface area contributed by atoms with Crippen molar-refractivity contribution in [3.8, 4) is 0 Å². The number of rotatable bonds is 30. The van der Waals surface area contributed by atoms with Crippen molar-refractivity contribution in [1.29, 1.82) is 0 Å². The molecule has 2 saturated heterocycles. The summed E-state index contributed by atoms with van der Waals surface area (Å²) in [4.78, 5) is 0. The number of allylic oxidation sites excluding steroid dienone is 8. The Labute approximate surface area is 312 Å². The van der Waals surface area contributed by atoms with Crippen molar-refractivity contribution in [2.24, 2.45) is 5.41 Å². The van der Waals surface area contributed by atoms with E-state index in [9.17, 15) is 0 Å².